The molecule has 2 aromatic rings. The molecular formula is C10H6BrNO3. The van der Waals surface area contributed by atoms with E-state index in [9.17, 15) is 9.90 Å². The van der Waals surface area contributed by atoms with E-state index < -0.39 is 0 Å². The monoisotopic (exact) mass is 267 g/mol. The van der Waals surface area contributed by atoms with Crippen molar-refractivity contribution in [3.05, 3.63) is 34.5 Å². The summed E-state index contributed by atoms with van der Waals surface area (Å²) in [6, 6.07) is 6.54. The normalized spacial score (nSPS) is 10.2. The van der Waals surface area contributed by atoms with Crippen LogP contribution >= 0.6 is 15.9 Å². The number of rotatable bonds is 2. The molecule has 76 valence electrons. The fourth-order valence-electron chi connectivity index (χ4n) is 1.20. The van der Waals surface area contributed by atoms with E-state index >= 15 is 0 Å². The van der Waals surface area contributed by atoms with Gasteiger partial charge in [0.15, 0.2) is 6.29 Å². The van der Waals surface area contributed by atoms with Gasteiger partial charge in [-0.1, -0.05) is 17.3 Å². The highest BCUT2D eigenvalue weighted by Crippen LogP contribution is 2.30. The number of benzene rings is 1. The molecule has 0 aliphatic rings. The van der Waals surface area contributed by atoms with E-state index in [0.29, 0.717) is 22.0 Å². The predicted molar refractivity (Wildman–Crippen MR) is 56.7 cm³/mol. The van der Waals surface area contributed by atoms with Crippen LogP contribution in [0.3, 0.4) is 0 Å². The molecule has 0 saturated heterocycles. The lowest BCUT2D eigenvalue weighted by Crippen LogP contribution is -1.79. The number of hydrogen-bond donors (Lipinski definition) is 1. The molecular weight excluding hydrogens is 262 g/mol. The zero-order chi connectivity index (χ0) is 10.8. The fraction of sp³-hybridized carbons (Fsp3) is 0. The molecule has 5 heteroatoms. The first-order valence-corrected chi connectivity index (χ1v) is 4.91. The number of hydrogen-bond acceptors (Lipinski definition) is 4. The Kier molecular flexibility index (Phi) is 2.55. The van der Waals surface area contributed by atoms with Crippen LogP contribution < -0.4 is 0 Å². The van der Waals surface area contributed by atoms with Gasteiger partial charge < -0.3 is 9.63 Å². The van der Waals surface area contributed by atoms with E-state index in [-0.39, 0.29) is 11.5 Å². The molecule has 0 amide bonds. The van der Waals surface area contributed by atoms with Crippen molar-refractivity contribution < 1.29 is 14.4 Å². The zero-order valence-electron chi connectivity index (χ0n) is 7.48. The molecule has 15 heavy (non-hydrogen) atoms. The zero-order valence-corrected chi connectivity index (χ0v) is 9.06. The van der Waals surface area contributed by atoms with E-state index in [2.05, 4.69) is 21.1 Å². The summed E-state index contributed by atoms with van der Waals surface area (Å²) in [6.45, 7) is 0. The summed E-state index contributed by atoms with van der Waals surface area (Å²) in [4.78, 5) is 10.5. The van der Waals surface area contributed by atoms with Gasteiger partial charge in [0.05, 0.1) is 4.47 Å². The van der Waals surface area contributed by atoms with E-state index in [0.717, 1.165) is 0 Å². The second-order valence-electron chi connectivity index (χ2n) is 2.88. The summed E-state index contributed by atoms with van der Waals surface area (Å²) in [5.74, 6) is 0.267. The van der Waals surface area contributed by atoms with E-state index in [4.69, 9.17) is 4.52 Å². The average molecular weight is 268 g/mol. The van der Waals surface area contributed by atoms with Gasteiger partial charge >= 0.3 is 0 Å². The Bertz CT molecular complexity index is 507. The lowest BCUT2D eigenvalue weighted by Gasteiger charge is -1.96. The summed E-state index contributed by atoms with van der Waals surface area (Å²) in [5.41, 5.74) is 1.17. The van der Waals surface area contributed by atoms with Gasteiger partial charge in [-0.2, -0.15) is 0 Å². The van der Waals surface area contributed by atoms with Crippen molar-refractivity contribution in [2.45, 2.75) is 0 Å². The number of phenols is 1. The maximum Gasteiger partial charge on any atom is 0.214 e. The number of carbonyl (C=O) groups is 1. The summed E-state index contributed by atoms with van der Waals surface area (Å²) in [5, 5.41) is 13.0. The van der Waals surface area contributed by atoms with E-state index in [1.54, 1.807) is 18.2 Å². The Morgan fingerprint density at radius 1 is 1.47 bits per heavy atom. The Balaban J connectivity index is 2.54. The van der Waals surface area contributed by atoms with Crippen molar-refractivity contribution in [2.24, 2.45) is 0 Å². The van der Waals surface area contributed by atoms with Crippen molar-refractivity contribution in [2.75, 3.05) is 0 Å². The first-order chi connectivity index (χ1) is 7.22. The van der Waals surface area contributed by atoms with Gasteiger partial charge in [-0.3, -0.25) is 4.79 Å². The Morgan fingerprint density at radius 3 is 2.87 bits per heavy atom. The van der Waals surface area contributed by atoms with Crippen LogP contribution in [0, 0.1) is 0 Å². The van der Waals surface area contributed by atoms with Gasteiger partial charge in [0.25, 0.3) is 0 Å². The number of nitrogens with zero attached hydrogens (tertiary/aromatic N) is 1. The standard InChI is InChI=1S/C10H6BrNO3/c11-9-8(5-13)15-12-10(9)6-2-1-3-7(14)4-6/h1-5,14H. The predicted octanol–water partition coefficient (Wildman–Crippen LogP) is 2.62. The molecule has 0 bridgehead atoms. The Hall–Kier alpha value is -1.62. The van der Waals surface area contributed by atoms with Gasteiger partial charge in [-0.15, -0.1) is 0 Å². The van der Waals surface area contributed by atoms with Crippen molar-refractivity contribution in [3.63, 3.8) is 0 Å². The second kappa shape index (κ2) is 3.86. The van der Waals surface area contributed by atoms with Crippen LogP contribution in [0.15, 0.2) is 33.3 Å². The minimum Gasteiger partial charge on any atom is -0.508 e. The summed E-state index contributed by atoms with van der Waals surface area (Å²) < 4.78 is 5.28. The van der Waals surface area contributed by atoms with Crippen LogP contribution in [0.1, 0.15) is 10.6 Å². The molecule has 0 unspecified atom stereocenters. The molecule has 1 aromatic carbocycles. The third kappa shape index (κ3) is 1.78. The quantitative estimate of drug-likeness (QED) is 0.850. The molecule has 2 rings (SSSR count). The molecule has 0 radical (unpaired) electrons. The minimum atomic E-state index is 0.133. The topological polar surface area (TPSA) is 63.3 Å². The minimum absolute atomic E-state index is 0.133. The highest BCUT2D eigenvalue weighted by atomic mass is 79.9. The molecule has 1 N–H and O–H groups in total. The average Bonchev–Trinajstić information content (AvgIpc) is 2.59. The number of phenolic OH excluding ortho intramolecular Hbond substituents is 1. The van der Waals surface area contributed by atoms with Gasteiger partial charge in [0.2, 0.25) is 5.76 Å². The van der Waals surface area contributed by atoms with Crippen LogP contribution in [-0.2, 0) is 0 Å². The van der Waals surface area contributed by atoms with E-state index in [1.807, 2.05) is 0 Å². The summed E-state index contributed by atoms with van der Waals surface area (Å²) in [6.07, 6.45) is 0.573. The molecule has 0 saturated carbocycles. The SMILES string of the molecule is O=Cc1onc(-c2cccc(O)c2)c1Br. The van der Waals surface area contributed by atoms with Gasteiger partial charge in [0, 0.05) is 5.56 Å². The van der Waals surface area contributed by atoms with Crippen LogP contribution in [0.4, 0.5) is 0 Å². The van der Waals surface area contributed by atoms with Gasteiger partial charge in [-0.25, -0.2) is 0 Å². The highest BCUT2D eigenvalue weighted by molar-refractivity contribution is 9.10. The molecule has 0 atom stereocenters. The largest absolute Gasteiger partial charge is 0.508 e. The Labute approximate surface area is 93.6 Å². The van der Waals surface area contributed by atoms with Crippen molar-refractivity contribution in [3.8, 4) is 17.0 Å². The van der Waals surface area contributed by atoms with E-state index in [1.165, 1.54) is 6.07 Å². The van der Waals surface area contributed by atoms with Gasteiger partial charge in [-0.05, 0) is 28.1 Å². The molecule has 1 aromatic heterocycles. The van der Waals surface area contributed by atoms with Gasteiger partial charge in [0.1, 0.15) is 11.4 Å². The third-order valence-electron chi connectivity index (χ3n) is 1.89. The van der Waals surface area contributed by atoms with Crippen LogP contribution in [0.25, 0.3) is 11.3 Å². The molecule has 0 aliphatic heterocycles. The smallest absolute Gasteiger partial charge is 0.214 e. The summed E-state index contributed by atoms with van der Waals surface area (Å²) >= 11 is 3.20. The first-order valence-electron chi connectivity index (χ1n) is 4.12. The highest BCUT2D eigenvalue weighted by Gasteiger charge is 2.14. The number of aldehydes is 1. The third-order valence-corrected chi connectivity index (χ3v) is 2.65. The maximum atomic E-state index is 10.5. The lowest BCUT2D eigenvalue weighted by atomic mass is 10.1. The lowest BCUT2D eigenvalue weighted by molar-refractivity contribution is 0.109. The number of carbonyl (C=O) groups excluding carboxylic acids is 1. The maximum absolute atomic E-state index is 10.5. The fourth-order valence-corrected chi connectivity index (χ4v) is 1.66. The van der Waals surface area contributed by atoms with Crippen molar-refractivity contribution >= 4 is 22.2 Å². The molecule has 0 spiro atoms. The van der Waals surface area contributed by atoms with Crippen molar-refractivity contribution in [1.29, 1.82) is 0 Å². The second-order valence-corrected chi connectivity index (χ2v) is 3.67. The van der Waals surface area contributed by atoms with Crippen LogP contribution in [-0.4, -0.2) is 16.5 Å². The van der Waals surface area contributed by atoms with Crippen molar-refractivity contribution in [1.82, 2.24) is 5.16 Å². The summed E-state index contributed by atoms with van der Waals surface area (Å²) in [7, 11) is 0. The molecule has 4 nitrogen and oxygen atoms in total. The number of aromatic hydroxyl groups is 1. The number of halogens is 1. The molecule has 0 aliphatic carbocycles. The van der Waals surface area contributed by atoms with Crippen LogP contribution in [0.2, 0.25) is 0 Å². The molecule has 0 fully saturated rings. The first kappa shape index (κ1) is 9.92. The Morgan fingerprint density at radius 2 is 2.27 bits per heavy atom. The molecule has 1 heterocycles. The number of aromatic nitrogens is 1. The van der Waals surface area contributed by atoms with Crippen LogP contribution in [0.5, 0.6) is 5.75 Å².